The molecule has 0 aromatic carbocycles. The topological polar surface area (TPSA) is 111 Å². The van der Waals surface area contributed by atoms with Crippen molar-refractivity contribution < 1.29 is 9.53 Å². The molecular formula is C9H15N5O2. The molecule has 0 bridgehead atoms. The third-order valence-electron chi connectivity index (χ3n) is 1.42. The molecule has 0 aliphatic heterocycles. The van der Waals surface area contributed by atoms with E-state index in [0.29, 0.717) is 0 Å². The Bertz CT molecular complexity index is 322. The van der Waals surface area contributed by atoms with Crippen molar-refractivity contribution in [2.75, 3.05) is 6.54 Å². The molecule has 16 heavy (non-hydrogen) atoms. The number of carbonyl (C=O) groups is 1. The number of nitrogens with one attached hydrogen (secondary N) is 1. The van der Waals surface area contributed by atoms with E-state index in [9.17, 15) is 4.79 Å². The molecule has 0 unspecified atom stereocenters. The van der Waals surface area contributed by atoms with Crippen molar-refractivity contribution in [3.63, 3.8) is 0 Å². The maximum absolute atomic E-state index is 11.3. The minimum absolute atomic E-state index is 0.0311. The number of nitriles is 1. The Morgan fingerprint density at radius 3 is 2.75 bits per heavy atom. The molecule has 88 valence electrons. The van der Waals surface area contributed by atoms with E-state index in [-0.39, 0.29) is 13.0 Å². The average molecular weight is 225 g/mol. The van der Waals surface area contributed by atoms with Crippen LogP contribution in [0.2, 0.25) is 0 Å². The number of amides is 1. The zero-order chi connectivity index (χ0) is 12.6. The lowest BCUT2D eigenvalue weighted by Crippen LogP contribution is -2.40. The molecular weight excluding hydrogens is 210 g/mol. The predicted molar refractivity (Wildman–Crippen MR) is 57.4 cm³/mol. The summed E-state index contributed by atoms with van der Waals surface area (Å²) in [5.74, 6) is 0. The van der Waals surface area contributed by atoms with Crippen LogP contribution in [-0.4, -0.2) is 24.3 Å². The van der Waals surface area contributed by atoms with Crippen LogP contribution in [0.25, 0.3) is 10.4 Å². The molecule has 1 atom stereocenters. The zero-order valence-corrected chi connectivity index (χ0v) is 9.60. The molecule has 0 heterocycles. The van der Waals surface area contributed by atoms with E-state index in [1.54, 1.807) is 20.8 Å². The highest BCUT2D eigenvalue weighted by Gasteiger charge is 2.18. The van der Waals surface area contributed by atoms with Gasteiger partial charge in [0.25, 0.3) is 0 Å². The summed E-state index contributed by atoms with van der Waals surface area (Å²) in [5.41, 5.74) is 7.54. The summed E-state index contributed by atoms with van der Waals surface area (Å²) in [6, 6.07) is 1.37. The van der Waals surface area contributed by atoms with Gasteiger partial charge in [0.1, 0.15) is 5.60 Å². The third kappa shape index (κ3) is 7.47. The summed E-state index contributed by atoms with van der Waals surface area (Å²) < 4.78 is 5.00. The molecule has 0 saturated heterocycles. The largest absolute Gasteiger partial charge is 0.444 e. The maximum atomic E-state index is 11.3. The van der Waals surface area contributed by atoms with E-state index in [4.69, 9.17) is 15.5 Å². The third-order valence-corrected chi connectivity index (χ3v) is 1.42. The molecule has 0 aliphatic carbocycles. The number of alkyl carbamates (subject to hydrolysis) is 1. The quantitative estimate of drug-likeness (QED) is 0.449. The van der Waals surface area contributed by atoms with Gasteiger partial charge in [0.05, 0.1) is 18.5 Å². The number of nitrogens with zero attached hydrogens (tertiary/aromatic N) is 4. The van der Waals surface area contributed by atoms with Gasteiger partial charge in [-0.2, -0.15) is 5.26 Å². The van der Waals surface area contributed by atoms with Gasteiger partial charge in [0.2, 0.25) is 0 Å². The van der Waals surface area contributed by atoms with Crippen LogP contribution in [0.1, 0.15) is 27.2 Å². The first-order valence-corrected chi connectivity index (χ1v) is 4.76. The second-order valence-electron chi connectivity index (χ2n) is 4.12. The summed E-state index contributed by atoms with van der Waals surface area (Å²) in [5, 5.41) is 14.3. The summed E-state index contributed by atoms with van der Waals surface area (Å²) >= 11 is 0. The maximum Gasteiger partial charge on any atom is 0.407 e. The molecule has 7 nitrogen and oxygen atoms in total. The minimum Gasteiger partial charge on any atom is -0.444 e. The van der Waals surface area contributed by atoms with Crippen LogP contribution in [0.3, 0.4) is 0 Å². The van der Waals surface area contributed by atoms with Crippen molar-refractivity contribution in [1.82, 2.24) is 5.32 Å². The van der Waals surface area contributed by atoms with Crippen LogP contribution in [0.5, 0.6) is 0 Å². The van der Waals surface area contributed by atoms with Crippen LogP contribution >= 0.6 is 0 Å². The standard InChI is InChI=1S/C9H15N5O2/c1-9(2,3)16-8(15)13-7(4-5-10)6-12-14-11/h7H,4,6H2,1-3H3,(H,13,15)/t7-/m0/s1. The molecule has 0 rings (SSSR count). The molecule has 0 aliphatic rings. The average Bonchev–Trinajstić information content (AvgIpc) is 2.11. The summed E-state index contributed by atoms with van der Waals surface area (Å²) in [6.07, 6.45) is -0.556. The van der Waals surface area contributed by atoms with Gasteiger partial charge in [-0.25, -0.2) is 4.79 Å². The Morgan fingerprint density at radius 2 is 2.31 bits per heavy atom. The van der Waals surface area contributed by atoms with Crippen LogP contribution in [-0.2, 0) is 4.74 Å². The lowest BCUT2D eigenvalue weighted by Gasteiger charge is -2.21. The fourth-order valence-corrected chi connectivity index (χ4v) is 0.881. The smallest absolute Gasteiger partial charge is 0.407 e. The first-order valence-electron chi connectivity index (χ1n) is 4.76. The van der Waals surface area contributed by atoms with Gasteiger partial charge in [-0.15, -0.1) is 0 Å². The van der Waals surface area contributed by atoms with Gasteiger partial charge in [0.15, 0.2) is 0 Å². The Kier molecular flexibility index (Phi) is 5.75. The van der Waals surface area contributed by atoms with E-state index in [1.165, 1.54) is 0 Å². The first-order chi connectivity index (χ1) is 7.39. The van der Waals surface area contributed by atoms with Gasteiger partial charge in [-0.1, -0.05) is 5.11 Å². The number of hydrogen-bond acceptors (Lipinski definition) is 4. The summed E-state index contributed by atoms with van der Waals surface area (Å²) in [6.45, 7) is 5.24. The highest BCUT2D eigenvalue weighted by Crippen LogP contribution is 2.07. The summed E-state index contributed by atoms with van der Waals surface area (Å²) in [7, 11) is 0. The van der Waals surface area contributed by atoms with Gasteiger partial charge in [0, 0.05) is 11.5 Å². The van der Waals surface area contributed by atoms with E-state index in [1.807, 2.05) is 6.07 Å². The fourth-order valence-electron chi connectivity index (χ4n) is 0.881. The Balaban J connectivity index is 4.23. The molecule has 0 fully saturated rings. The van der Waals surface area contributed by atoms with Gasteiger partial charge in [-0.05, 0) is 26.3 Å². The zero-order valence-electron chi connectivity index (χ0n) is 9.60. The van der Waals surface area contributed by atoms with Gasteiger partial charge >= 0.3 is 6.09 Å². The van der Waals surface area contributed by atoms with E-state index < -0.39 is 17.7 Å². The Labute approximate surface area is 94.0 Å². The number of rotatable bonds is 4. The molecule has 0 aromatic heterocycles. The van der Waals surface area contributed by atoms with E-state index in [0.717, 1.165) is 0 Å². The Morgan fingerprint density at radius 1 is 1.69 bits per heavy atom. The molecule has 0 aromatic rings. The van der Waals surface area contributed by atoms with Crippen molar-refractivity contribution in [2.45, 2.75) is 38.8 Å². The monoisotopic (exact) mass is 225 g/mol. The number of azide groups is 1. The Hall–Kier alpha value is -1.93. The van der Waals surface area contributed by atoms with Crippen LogP contribution in [0.4, 0.5) is 4.79 Å². The fraction of sp³-hybridized carbons (Fsp3) is 0.778. The molecule has 0 radical (unpaired) electrons. The highest BCUT2D eigenvalue weighted by molar-refractivity contribution is 5.68. The van der Waals surface area contributed by atoms with Crippen molar-refractivity contribution in [1.29, 1.82) is 5.26 Å². The lowest BCUT2D eigenvalue weighted by atomic mass is 10.2. The van der Waals surface area contributed by atoms with Crippen molar-refractivity contribution in [2.24, 2.45) is 5.11 Å². The van der Waals surface area contributed by atoms with Gasteiger partial charge in [-0.3, -0.25) is 0 Å². The number of carbonyl (C=O) groups excluding carboxylic acids is 1. The second kappa shape index (κ2) is 6.53. The molecule has 1 amide bonds. The van der Waals surface area contributed by atoms with Gasteiger partial charge < -0.3 is 10.1 Å². The number of hydrogen-bond donors (Lipinski definition) is 1. The normalized spacial score (nSPS) is 11.9. The minimum atomic E-state index is -0.624. The van der Waals surface area contributed by atoms with Crippen LogP contribution < -0.4 is 5.32 Å². The van der Waals surface area contributed by atoms with E-state index in [2.05, 4.69) is 15.3 Å². The molecule has 0 spiro atoms. The molecule has 7 heteroatoms. The van der Waals surface area contributed by atoms with Crippen molar-refractivity contribution in [3.8, 4) is 6.07 Å². The molecule has 0 saturated carbocycles. The second-order valence-corrected chi connectivity index (χ2v) is 4.12. The van der Waals surface area contributed by atoms with Crippen LogP contribution in [0, 0.1) is 11.3 Å². The summed E-state index contributed by atoms with van der Waals surface area (Å²) in [4.78, 5) is 13.9. The van der Waals surface area contributed by atoms with Crippen molar-refractivity contribution >= 4 is 6.09 Å². The lowest BCUT2D eigenvalue weighted by molar-refractivity contribution is 0.0507. The highest BCUT2D eigenvalue weighted by atomic mass is 16.6. The van der Waals surface area contributed by atoms with Crippen molar-refractivity contribution in [3.05, 3.63) is 10.4 Å². The predicted octanol–water partition coefficient (Wildman–Crippen LogP) is 2.10. The molecule has 1 N–H and O–H groups in total. The number of ether oxygens (including phenoxy) is 1. The SMILES string of the molecule is CC(C)(C)OC(=O)N[C@@H](CC#N)CN=[N+]=[N-]. The van der Waals surface area contributed by atoms with E-state index >= 15 is 0 Å². The first kappa shape index (κ1) is 14.1. The van der Waals surface area contributed by atoms with Crippen LogP contribution in [0.15, 0.2) is 5.11 Å².